The minimum Gasteiger partial charge on any atom is -0.463 e. The van der Waals surface area contributed by atoms with Crippen molar-refractivity contribution in [3.8, 4) is 11.5 Å². The van der Waals surface area contributed by atoms with E-state index in [-0.39, 0.29) is 43.2 Å². The van der Waals surface area contributed by atoms with Crippen LogP contribution < -0.4 is 9.68 Å². The van der Waals surface area contributed by atoms with Crippen LogP contribution in [0.1, 0.15) is 25.8 Å². The number of benzene rings is 1. The van der Waals surface area contributed by atoms with Gasteiger partial charge in [-0.2, -0.15) is 0 Å². The fourth-order valence-corrected chi connectivity index (χ4v) is 1.69. The van der Waals surface area contributed by atoms with Crippen molar-refractivity contribution in [3.05, 3.63) is 44.0 Å². The monoisotopic (exact) mass is 358 g/mol. The molecule has 0 amide bonds. The number of ether oxygens (including phenoxy) is 2. The van der Waals surface area contributed by atoms with Crippen LogP contribution in [0, 0.1) is 26.1 Å². The summed E-state index contributed by atoms with van der Waals surface area (Å²) in [5, 5.41) is 18.7. The summed E-state index contributed by atoms with van der Waals surface area (Å²) in [4.78, 5) is 40.8. The van der Waals surface area contributed by atoms with Gasteiger partial charge in [-0.05, 0) is 30.2 Å². The van der Waals surface area contributed by atoms with E-state index in [4.69, 9.17) is 9.47 Å². The fraction of sp³-hybridized carbons (Fsp3) is 0.500. The fourth-order valence-electron chi connectivity index (χ4n) is 1.69. The number of rotatable bonds is 11. The standard InChI is InChI=1S/C14H18N2O9/c1-3-10(2)14(17)23-5-4-22-9-11-6-12(24-15(18)19)8-13(7-11)25-16(20)21/h6-8,10H,3-5,9H2,1-2H3. The predicted molar refractivity (Wildman–Crippen MR) is 81.8 cm³/mol. The molecular weight excluding hydrogens is 340 g/mol. The molecule has 0 saturated carbocycles. The molecule has 0 bridgehead atoms. The number of hydrogen-bond donors (Lipinski definition) is 0. The number of nitrogens with zero attached hydrogens (tertiary/aromatic N) is 2. The van der Waals surface area contributed by atoms with Gasteiger partial charge in [-0.25, -0.2) is 0 Å². The number of esters is 1. The van der Waals surface area contributed by atoms with Crippen molar-refractivity contribution in [3.63, 3.8) is 0 Å². The molecule has 1 unspecified atom stereocenters. The van der Waals surface area contributed by atoms with Gasteiger partial charge in [0, 0.05) is 0 Å². The summed E-state index contributed by atoms with van der Waals surface area (Å²) < 4.78 is 10.3. The van der Waals surface area contributed by atoms with Gasteiger partial charge in [-0.1, -0.05) is 13.8 Å². The van der Waals surface area contributed by atoms with Crippen molar-refractivity contribution >= 4 is 5.97 Å². The van der Waals surface area contributed by atoms with E-state index in [2.05, 4.69) is 9.68 Å². The van der Waals surface area contributed by atoms with Crippen molar-refractivity contribution in [2.75, 3.05) is 13.2 Å². The SMILES string of the molecule is CCC(C)C(=O)OCCOCc1cc(O[N+](=O)[O-])cc(O[N+](=O)[O-])c1. The van der Waals surface area contributed by atoms with Gasteiger partial charge in [0.2, 0.25) is 0 Å². The highest BCUT2D eigenvalue weighted by molar-refractivity contribution is 5.71. The Morgan fingerprint density at radius 3 is 2.12 bits per heavy atom. The quantitative estimate of drug-likeness (QED) is 0.251. The van der Waals surface area contributed by atoms with Crippen molar-refractivity contribution in [2.45, 2.75) is 26.9 Å². The summed E-state index contributed by atoms with van der Waals surface area (Å²) in [6.07, 6.45) is 0.669. The Labute approximate surface area is 142 Å². The molecule has 0 radical (unpaired) electrons. The van der Waals surface area contributed by atoms with E-state index in [0.717, 1.165) is 6.07 Å². The van der Waals surface area contributed by atoms with Gasteiger partial charge in [-0.15, -0.1) is 20.2 Å². The van der Waals surface area contributed by atoms with Gasteiger partial charge >= 0.3 is 5.97 Å². The maximum atomic E-state index is 11.5. The van der Waals surface area contributed by atoms with E-state index >= 15 is 0 Å². The summed E-state index contributed by atoms with van der Waals surface area (Å²) in [5.74, 6) is -1.01. The summed E-state index contributed by atoms with van der Waals surface area (Å²) in [6, 6.07) is 3.56. The second-order valence-corrected chi connectivity index (χ2v) is 4.97. The second-order valence-electron chi connectivity index (χ2n) is 4.97. The lowest BCUT2D eigenvalue weighted by Gasteiger charge is -2.10. The summed E-state index contributed by atoms with van der Waals surface area (Å²) in [5.41, 5.74) is 0.351. The number of carbonyl (C=O) groups is 1. The first-order valence-electron chi connectivity index (χ1n) is 7.34. The van der Waals surface area contributed by atoms with Crippen molar-refractivity contribution in [2.24, 2.45) is 5.92 Å². The first-order chi connectivity index (χ1) is 11.8. The molecule has 1 aromatic carbocycles. The van der Waals surface area contributed by atoms with Crippen molar-refractivity contribution < 1.29 is 34.1 Å². The molecule has 138 valence electrons. The van der Waals surface area contributed by atoms with Crippen LogP contribution in [-0.4, -0.2) is 29.4 Å². The average Bonchev–Trinajstić information content (AvgIpc) is 2.52. The van der Waals surface area contributed by atoms with Crippen LogP contribution in [0.5, 0.6) is 11.5 Å². The Bertz CT molecular complexity index is 586. The van der Waals surface area contributed by atoms with Crippen LogP contribution in [0.25, 0.3) is 0 Å². The lowest BCUT2D eigenvalue weighted by atomic mass is 10.1. The first kappa shape index (κ1) is 20.1. The van der Waals surface area contributed by atoms with E-state index in [1.807, 2.05) is 6.92 Å². The smallest absolute Gasteiger partial charge is 0.308 e. The minimum absolute atomic E-state index is 0.0378. The molecule has 0 aromatic heterocycles. The van der Waals surface area contributed by atoms with Crippen LogP contribution in [-0.2, 0) is 20.9 Å². The van der Waals surface area contributed by atoms with E-state index < -0.39 is 10.2 Å². The summed E-state index contributed by atoms with van der Waals surface area (Å²) in [6.45, 7) is 3.72. The average molecular weight is 358 g/mol. The number of hydrogen-bond acceptors (Lipinski definition) is 9. The highest BCUT2D eigenvalue weighted by atomic mass is 17.0. The Morgan fingerprint density at radius 1 is 1.08 bits per heavy atom. The zero-order valence-electron chi connectivity index (χ0n) is 13.7. The molecule has 0 spiro atoms. The maximum Gasteiger partial charge on any atom is 0.308 e. The lowest BCUT2D eigenvalue weighted by molar-refractivity contribution is -0.713. The highest BCUT2D eigenvalue weighted by Crippen LogP contribution is 2.24. The zero-order valence-corrected chi connectivity index (χ0v) is 13.7. The normalized spacial score (nSPS) is 11.4. The van der Waals surface area contributed by atoms with Crippen molar-refractivity contribution in [1.29, 1.82) is 0 Å². The first-order valence-corrected chi connectivity index (χ1v) is 7.34. The van der Waals surface area contributed by atoms with Crippen LogP contribution in [0.2, 0.25) is 0 Å². The molecule has 11 heteroatoms. The third-order valence-corrected chi connectivity index (χ3v) is 3.06. The molecule has 0 aliphatic carbocycles. The van der Waals surface area contributed by atoms with E-state index in [1.165, 1.54) is 12.1 Å². The maximum absolute atomic E-state index is 11.5. The summed E-state index contributed by atoms with van der Waals surface area (Å²) in [7, 11) is 0. The molecule has 11 nitrogen and oxygen atoms in total. The Hall–Kier alpha value is -2.95. The molecule has 1 atom stereocenters. The number of carbonyl (C=O) groups excluding carboxylic acids is 1. The Kier molecular flexibility index (Phi) is 8.06. The molecule has 0 N–H and O–H groups in total. The largest absolute Gasteiger partial charge is 0.463 e. The third kappa shape index (κ3) is 7.92. The zero-order chi connectivity index (χ0) is 18.8. The van der Waals surface area contributed by atoms with Crippen molar-refractivity contribution in [1.82, 2.24) is 0 Å². The van der Waals surface area contributed by atoms with Crippen LogP contribution in [0.4, 0.5) is 0 Å². The van der Waals surface area contributed by atoms with Gasteiger partial charge in [0.15, 0.2) is 0 Å². The molecule has 25 heavy (non-hydrogen) atoms. The molecule has 0 saturated heterocycles. The minimum atomic E-state index is -1.05. The highest BCUT2D eigenvalue weighted by Gasteiger charge is 2.12. The molecule has 0 aliphatic rings. The second kappa shape index (κ2) is 10.0. The Morgan fingerprint density at radius 2 is 1.64 bits per heavy atom. The molecule has 1 rings (SSSR count). The van der Waals surface area contributed by atoms with Gasteiger partial charge in [0.05, 0.1) is 19.1 Å². The van der Waals surface area contributed by atoms with Gasteiger partial charge in [0.1, 0.15) is 18.1 Å². The van der Waals surface area contributed by atoms with E-state index in [0.29, 0.717) is 12.0 Å². The van der Waals surface area contributed by atoms with Crippen LogP contribution in [0.15, 0.2) is 18.2 Å². The molecule has 0 fully saturated rings. The van der Waals surface area contributed by atoms with Gasteiger partial charge in [0.25, 0.3) is 10.2 Å². The van der Waals surface area contributed by atoms with Crippen LogP contribution in [0.3, 0.4) is 0 Å². The van der Waals surface area contributed by atoms with Crippen LogP contribution >= 0.6 is 0 Å². The summed E-state index contributed by atoms with van der Waals surface area (Å²) >= 11 is 0. The van der Waals surface area contributed by atoms with E-state index in [1.54, 1.807) is 6.92 Å². The lowest BCUT2D eigenvalue weighted by Crippen LogP contribution is -2.17. The Balaban J connectivity index is 2.57. The topological polar surface area (TPSA) is 140 Å². The molecular formula is C14H18N2O9. The molecule has 0 heterocycles. The van der Waals surface area contributed by atoms with Gasteiger partial charge in [-0.3, -0.25) is 14.5 Å². The third-order valence-electron chi connectivity index (χ3n) is 3.06. The molecule has 0 aliphatic heterocycles. The van der Waals surface area contributed by atoms with E-state index in [9.17, 15) is 25.0 Å². The predicted octanol–water partition coefficient (Wildman–Crippen LogP) is 1.93. The van der Waals surface area contributed by atoms with Gasteiger partial charge < -0.3 is 9.47 Å². The molecule has 1 aromatic rings.